The molecule has 0 aliphatic carbocycles. The lowest BCUT2D eigenvalue weighted by Gasteiger charge is -2.28. The second-order valence-corrected chi connectivity index (χ2v) is 6.76. The van der Waals surface area contributed by atoms with E-state index in [4.69, 9.17) is 0 Å². The Labute approximate surface area is 124 Å². The van der Waals surface area contributed by atoms with E-state index in [-0.39, 0.29) is 6.10 Å². The Morgan fingerprint density at radius 2 is 2.21 bits per heavy atom. The van der Waals surface area contributed by atoms with Crippen molar-refractivity contribution < 1.29 is 5.11 Å². The summed E-state index contributed by atoms with van der Waals surface area (Å²) in [5.41, 5.74) is 1.01. The van der Waals surface area contributed by atoms with Crippen LogP contribution in [0.3, 0.4) is 0 Å². The fourth-order valence-corrected chi connectivity index (χ4v) is 3.47. The second-order valence-electron chi connectivity index (χ2n) is 5.85. The van der Waals surface area contributed by atoms with Gasteiger partial charge in [-0.3, -0.25) is 0 Å². The molecule has 1 aromatic rings. The van der Waals surface area contributed by atoms with E-state index in [1.54, 1.807) is 0 Å². The number of nitrogens with zero attached hydrogens (tertiary/aromatic N) is 1. The van der Waals surface area contributed by atoms with E-state index in [1.165, 1.54) is 19.4 Å². The highest BCUT2D eigenvalue weighted by atomic mass is 79.9. The van der Waals surface area contributed by atoms with Gasteiger partial charge in [-0.25, -0.2) is 0 Å². The van der Waals surface area contributed by atoms with Gasteiger partial charge in [0.25, 0.3) is 0 Å². The Bertz CT molecular complexity index is 407. The standard InChI is InChI=1S/C16H24BrNO/c1-12(2)15-7-4-9-18(15)10-8-16(19)13-5-3-6-14(17)11-13/h3,5-6,11-12,15-16,19H,4,7-10H2,1-2H3. The molecule has 0 spiro atoms. The average Bonchev–Trinajstić information content (AvgIpc) is 2.84. The normalized spacial score (nSPS) is 22.1. The largest absolute Gasteiger partial charge is 0.388 e. The highest BCUT2D eigenvalue weighted by Crippen LogP contribution is 2.26. The number of likely N-dealkylation sites (tertiary alicyclic amines) is 1. The van der Waals surface area contributed by atoms with Gasteiger partial charge in [-0.1, -0.05) is 41.9 Å². The van der Waals surface area contributed by atoms with Gasteiger partial charge in [-0.2, -0.15) is 0 Å². The van der Waals surface area contributed by atoms with E-state index in [2.05, 4.69) is 34.7 Å². The summed E-state index contributed by atoms with van der Waals surface area (Å²) in [5, 5.41) is 10.3. The molecule has 2 unspecified atom stereocenters. The van der Waals surface area contributed by atoms with Crippen LogP contribution in [-0.4, -0.2) is 29.1 Å². The molecule has 19 heavy (non-hydrogen) atoms. The summed E-state index contributed by atoms with van der Waals surface area (Å²) < 4.78 is 1.03. The van der Waals surface area contributed by atoms with Crippen LogP contribution in [0.25, 0.3) is 0 Å². The van der Waals surface area contributed by atoms with Gasteiger partial charge in [0, 0.05) is 17.1 Å². The van der Waals surface area contributed by atoms with Crippen LogP contribution in [-0.2, 0) is 0 Å². The van der Waals surface area contributed by atoms with Gasteiger partial charge in [-0.05, 0) is 49.4 Å². The van der Waals surface area contributed by atoms with E-state index in [9.17, 15) is 5.11 Å². The van der Waals surface area contributed by atoms with Crippen LogP contribution in [0.15, 0.2) is 28.7 Å². The summed E-state index contributed by atoms with van der Waals surface area (Å²) in [6.45, 7) is 6.78. The summed E-state index contributed by atoms with van der Waals surface area (Å²) in [5.74, 6) is 0.713. The lowest BCUT2D eigenvalue weighted by atomic mass is 10.0. The van der Waals surface area contributed by atoms with Gasteiger partial charge < -0.3 is 10.0 Å². The van der Waals surface area contributed by atoms with Crippen LogP contribution in [0, 0.1) is 5.92 Å². The van der Waals surface area contributed by atoms with Gasteiger partial charge in [0.15, 0.2) is 0 Å². The molecule has 3 heteroatoms. The Balaban J connectivity index is 1.88. The Morgan fingerprint density at radius 1 is 1.42 bits per heavy atom. The molecular weight excluding hydrogens is 302 g/mol. The molecule has 0 radical (unpaired) electrons. The third-order valence-corrected chi connectivity index (χ3v) is 4.60. The summed E-state index contributed by atoms with van der Waals surface area (Å²) in [4.78, 5) is 2.55. The number of rotatable bonds is 5. The summed E-state index contributed by atoms with van der Waals surface area (Å²) in [6, 6.07) is 8.68. The maximum Gasteiger partial charge on any atom is 0.0802 e. The predicted octanol–water partition coefficient (Wildman–Crippen LogP) is 3.99. The van der Waals surface area contributed by atoms with E-state index >= 15 is 0 Å². The van der Waals surface area contributed by atoms with E-state index in [0.717, 1.165) is 23.0 Å². The first-order valence-corrected chi connectivity index (χ1v) is 8.05. The molecule has 2 atom stereocenters. The number of aliphatic hydroxyl groups is 1. The van der Waals surface area contributed by atoms with Gasteiger partial charge in [0.1, 0.15) is 0 Å². The molecule has 0 saturated carbocycles. The fourth-order valence-electron chi connectivity index (χ4n) is 3.05. The molecule has 2 nitrogen and oxygen atoms in total. The predicted molar refractivity (Wildman–Crippen MR) is 83.2 cm³/mol. The molecule has 0 aromatic heterocycles. The Morgan fingerprint density at radius 3 is 2.89 bits per heavy atom. The first kappa shape index (κ1) is 15.0. The molecule has 1 fully saturated rings. The van der Waals surface area contributed by atoms with E-state index in [1.807, 2.05) is 24.3 Å². The zero-order valence-electron chi connectivity index (χ0n) is 11.8. The fraction of sp³-hybridized carbons (Fsp3) is 0.625. The van der Waals surface area contributed by atoms with Crippen molar-refractivity contribution in [1.29, 1.82) is 0 Å². The van der Waals surface area contributed by atoms with Crippen molar-refractivity contribution in [2.75, 3.05) is 13.1 Å². The molecule has 0 bridgehead atoms. The number of hydrogen-bond donors (Lipinski definition) is 1. The second kappa shape index (κ2) is 6.87. The van der Waals surface area contributed by atoms with Crippen LogP contribution in [0.5, 0.6) is 0 Å². The zero-order chi connectivity index (χ0) is 13.8. The molecule has 0 amide bonds. The molecule has 1 N–H and O–H groups in total. The molecule has 1 saturated heterocycles. The third-order valence-electron chi connectivity index (χ3n) is 4.11. The lowest BCUT2D eigenvalue weighted by molar-refractivity contribution is 0.128. The van der Waals surface area contributed by atoms with Crippen molar-refractivity contribution in [2.45, 2.75) is 45.3 Å². The molecule has 1 heterocycles. The third kappa shape index (κ3) is 4.04. The zero-order valence-corrected chi connectivity index (χ0v) is 13.4. The Kier molecular flexibility index (Phi) is 5.43. The molecule has 1 aliphatic heterocycles. The lowest BCUT2D eigenvalue weighted by Crippen LogP contribution is -2.34. The SMILES string of the molecule is CC(C)C1CCCN1CCC(O)c1cccc(Br)c1. The van der Waals surface area contributed by atoms with Crippen molar-refractivity contribution in [3.63, 3.8) is 0 Å². The first-order chi connectivity index (χ1) is 9.08. The van der Waals surface area contributed by atoms with E-state index in [0.29, 0.717) is 12.0 Å². The topological polar surface area (TPSA) is 23.5 Å². The van der Waals surface area contributed by atoms with Crippen LogP contribution in [0.4, 0.5) is 0 Å². The van der Waals surface area contributed by atoms with Crippen LogP contribution in [0.2, 0.25) is 0 Å². The summed E-state index contributed by atoms with van der Waals surface area (Å²) >= 11 is 3.45. The maximum absolute atomic E-state index is 10.3. The summed E-state index contributed by atoms with van der Waals surface area (Å²) in [6.07, 6.45) is 3.08. The molecule has 1 aromatic carbocycles. The van der Waals surface area contributed by atoms with Crippen molar-refractivity contribution >= 4 is 15.9 Å². The molecular formula is C16H24BrNO. The maximum atomic E-state index is 10.3. The van der Waals surface area contributed by atoms with Crippen molar-refractivity contribution in [1.82, 2.24) is 4.90 Å². The Hall–Kier alpha value is -0.380. The van der Waals surface area contributed by atoms with Crippen LogP contribution < -0.4 is 0 Å². The smallest absolute Gasteiger partial charge is 0.0802 e. The highest BCUT2D eigenvalue weighted by molar-refractivity contribution is 9.10. The number of benzene rings is 1. The quantitative estimate of drug-likeness (QED) is 0.884. The minimum absolute atomic E-state index is 0.356. The van der Waals surface area contributed by atoms with Crippen LogP contribution >= 0.6 is 15.9 Å². The van der Waals surface area contributed by atoms with Crippen molar-refractivity contribution in [2.24, 2.45) is 5.92 Å². The monoisotopic (exact) mass is 325 g/mol. The van der Waals surface area contributed by atoms with E-state index < -0.39 is 0 Å². The minimum Gasteiger partial charge on any atom is -0.388 e. The minimum atomic E-state index is -0.356. The highest BCUT2D eigenvalue weighted by Gasteiger charge is 2.27. The average molecular weight is 326 g/mol. The first-order valence-electron chi connectivity index (χ1n) is 7.25. The van der Waals surface area contributed by atoms with Crippen molar-refractivity contribution in [3.8, 4) is 0 Å². The van der Waals surface area contributed by atoms with Gasteiger partial charge in [0.2, 0.25) is 0 Å². The van der Waals surface area contributed by atoms with Crippen LogP contribution in [0.1, 0.15) is 44.8 Å². The molecule has 1 aliphatic rings. The van der Waals surface area contributed by atoms with Gasteiger partial charge >= 0.3 is 0 Å². The van der Waals surface area contributed by atoms with Gasteiger partial charge in [0.05, 0.1) is 6.10 Å². The van der Waals surface area contributed by atoms with Crippen molar-refractivity contribution in [3.05, 3.63) is 34.3 Å². The van der Waals surface area contributed by atoms with Gasteiger partial charge in [-0.15, -0.1) is 0 Å². The number of hydrogen-bond acceptors (Lipinski definition) is 2. The summed E-state index contributed by atoms with van der Waals surface area (Å²) in [7, 11) is 0. The molecule has 2 rings (SSSR count). The molecule has 106 valence electrons. The number of halogens is 1. The number of aliphatic hydroxyl groups excluding tert-OH is 1.